The lowest BCUT2D eigenvalue weighted by atomic mass is 9.98. The van der Waals surface area contributed by atoms with E-state index in [1.54, 1.807) is 0 Å². The SMILES string of the molecule is CCNc1nc(OCC)nc(OC2CCCCC2)n1. The molecule has 0 saturated heterocycles. The lowest BCUT2D eigenvalue weighted by molar-refractivity contribution is 0.139. The molecule has 0 bridgehead atoms. The van der Waals surface area contributed by atoms with E-state index in [0.29, 0.717) is 24.6 Å². The maximum Gasteiger partial charge on any atom is 0.324 e. The van der Waals surface area contributed by atoms with Gasteiger partial charge >= 0.3 is 12.0 Å². The van der Waals surface area contributed by atoms with E-state index < -0.39 is 0 Å². The summed E-state index contributed by atoms with van der Waals surface area (Å²) in [5, 5.41) is 3.06. The molecule has 1 aromatic rings. The Kier molecular flexibility index (Phi) is 5.18. The Morgan fingerprint density at radius 2 is 1.79 bits per heavy atom. The van der Waals surface area contributed by atoms with Crippen LogP contribution in [-0.4, -0.2) is 34.2 Å². The highest BCUT2D eigenvalue weighted by atomic mass is 16.5. The van der Waals surface area contributed by atoms with E-state index in [1.165, 1.54) is 19.3 Å². The van der Waals surface area contributed by atoms with Gasteiger partial charge in [-0.3, -0.25) is 0 Å². The van der Waals surface area contributed by atoms with E-state index in [-0.39, 0.29) is 6.10 Å². The summed E-state index contributed by atoms with van der Waals surface area (Å²) in [6.07, 6.45) is 6.10. The van der Waals surface area contributed by atoms with Crippen LogP contribution in [0.5, 0.6) is 12.0 Å². The molecule has 0 aromatic carbocycles. The molecule has 0 aliphatic heterocycles. The molecule has 1 aliphatic carbocycles. The maximum atomic E-state index is 5.85. The van der Waals surface area contributed by atoms with E-state index in [0.717, 1.165) is 19.4 Å². The van der Waals surface area contributed by atoms with Gasteiger partial charge in [-0.05, 0) is 39.5 Å². The van der Waals surface area contributed by atoms with Gasteiger partial charge in [0.2, 0.25) is 5.95 Å². The Balaban J connectivity index is 2.08. The van der Waals surface area contributed by atoms with Crippen LogP contribution < -0.4 is 14.8 Å². The van der Waals surface area contributed by atoms with Gasteiger partial charge in [0.05, 0.1) is 6.61 Å². The molecule has 1 aromatic heterocycles. The Bertz CT molecular complexity index is 370. The third-order valence-electron chi connectivity index (χ3n) is 3.03. The van der Waals surface area contributed by atoms with Crippen molar-refractivity contribution in [2.75, 3.05) is 18.5 Å². The standard InChI is InChI=1S/C13H22N4O2/c1-3-14-11-15-12(18-4-2)17-13(16-11)19-10-8-6-5-7-9-10/h10H,3-9H2,1-2H3,(H,14,15,16,17). The summed E-state index contributed by atoms with van der Waals surface area (Å²) in [7, 11) is 0. The third kappa shape index (κ3) is 4.22. The highest BCUT2D eigenvalue weighted by Gasteiger charge is 2.17. The van der Waals surface area contributed by atoms with Crippen molar-refractivity contribution in [2.45, 2.75) is 52.1 Å². The molecule has 6 heteroatoms. The first-order chi connectivity index (χ1) is 9.31. The summed E-state index contributed by atoms with van der Waals surface area (Å²) >= 11 is 0. The monoisotopic (exact) mass is 266 g/mol. The van der Waals surface area contributed by atoms with E-state index in [9.17, 15) is 0 Å². The van der Waals surface area contributed by atoms with Gasteiger partial charge in [-0.15, -0.1) is 4.98 Å². The van der Waals surface area contributed by atoms with Crippen molar-refractivity contribution in [3.05, 3.63) is 0 Å². The number of rotatable bonds is 6. The van der Waals surface area contributed by atoms with Gasteiger partial charge < -0.3 is 14.8 Å². The molecule has 1 N–H and O–H groups in total. The average Bonchev–Trinajstić information content (AvgIpc) is 2.40. The van der Waals surface area contributed by atoms with Crippen LogP contribution in [0.1, 0.15) is 46.0 Å². The maximum absolute atomic E-state index is 5.85. The van der Waals surface area contributed by atoms with Crippen LogP contribution in [0.2, 0.25) is 0 Å². The van der Waals surface area contributed by atoms with E-state index in [2.05, 4.69) is 20.3 Å². The van der Waals surface area contributed by atoms with Crippen LogP contribution in [0.4, 0.5) is 5.95 Å². The first-order valence-electron chi connectivity index (χ1n) is 7.11. The molecule has 1 saturated carbocycles. The van der Waals surface area contributed by atoms with Gasteiger partial charge in [0.25, 0.3) is 0 Å². The van der Waals surface area contributed by atoms with Crippen LogP contribution in [-0.2, 0) is 0 Å². The second kappa shape index (κ2) is 7.11. The van der Waals surface area contributed by atoms with Crippen molar-refractivity contribution in [3.63, 3.8) is 0 Å². The fourth-order valence-electron chi connectivity index (χ4n) is 2.15. The summed E-state index contributed by atoms with van der Waals surface area (Å²) in [5.41, 5.74) is 0. The van der Waals surface area contributed by atoms with Crippen LogP contribution in [0.3, 0.4) is 0 Å². The van der Waals surface area contributed by atoms with Crippen molar-refractivity contribution < 1.29 is 9.47 Å². The average molecular weight is 266 g/mol. The quantitative estimate of drug-likeness (QED) is 0.852. The molecule has 106 valence electrons. The first-order valence-corrected chi connectivity index (χ1v) is 7.11. The smallest absolute Gasteiger partial charge is 0.324 e. The lowest BCUT2D eigenvalue weighted by Crippen LogP contribution is -2.21. The van der Waals surface area contributed by atoms with E-state index >= 15 is 0 Å². The Morgan fingerprint density at radius 3 is 2.47 bits per heavy atom. The molecular weight excluding hydrogens is 244 g/mol. The minimum Gasteiger partial charge on any atom is -0.464 e. The highest BCUT2D eigenvalue weighted by molar-refractivity contribution is 5.27. The zero-order valence-electron chi connectivity index (χ0n) is 11.7. The fourth-order valence-corrected chi connectivity index (χ4v) is 2.15. The molecule has 19 heavy (non-hydrogen) atoms. The molecule has 2 rings (SSSR count). The zero-order valence-corrected chi connectivity index (χ0v) is 11.7. The zero-order chi connectivity index (χ0) is 13.5. The summed E-state index contributed by atoms with van der Waals surface area (Å²) in [6.45, 7) is 5.17. The van der Waals surface area contributed by atoms with Crippen molar-refractivity contribution in [2.24, 2.45) is 0 Å². The predicted molar refractivity (Wildman–Crippen MR) is 72.7 cm³/mol. The van der Waals surface area contributed by atoms with Crippen molar-refractivity contribution in [1.29, 1.82) is 0 Å². The summed E-state index contributed by atoms with van der Waals surface area (Å²) in [4.78, 5) is 12.6. The van der Waals surface area contributed by atoms with Gasteiger partial charge in [0, 0.05) is 6.54 Å². The highest BCUT2D eigenvalue weighted by Crippen LogP contribution is 2.22. The van der Waals surface area contributed by atoms with Crippen LogP contribution in [0, 0.1) is 0 Å². The predicted octanol–water partition coefficient (Wildman–Crippen LogP) is 2.41. The van der Waals surface area contributed by atoms with Gasteiger partial charge in [-0.25, -0.2) is 0 Å². The topological polar surface area (TPSA) is 69.2 Å². The fraction of sp³-hybridized carbons (Fsp3) is 0.769. The summed E-state index contributed by atoms with van der Waals surface area (Å²) in [6, 6.07) is 0.681. The molecule has 0 amide bonds. The van der Waals surface area contributed by atoms with Crippen LogP contribution in [0.25, 0.3) is 0 Å². The molecule has 6 nitrogen and oxygen atoms in total. The molecule has 0 spiro atoms. The Morgan fingerprint density at radius 1 is 1.05 bits per heavy atom. The van der Waals surface area contributed by atoms with Crippen molar-refractivity contribution in [1.82, 2.24) is 15.0 Å². The second-order valence-corrected chi connectivity index (χ2v) is 4.57. The van der Waals surface area contributed by atoms with Crippen LogP contribution in [0.15, 0.2) is 0 Å². The van der Waals surface area contributed by atoms with Crippen molar-refractivity contribution >= 4 is 5.95 Å². The summed E-state index contributed by atoms with van der Waals surface area (Å²) in [5.74, 6) is 0.506. The van der Waals surface area contributed by atoms with Gasteiger partial charge in [-0.1, -0.05) is 6.42 Å². The third-order valence-corrected chi connectivity index (χ3v) is 3.03. The number of anilines is 1. The molecule has 1 heterocycles. The molecule has 0 radical (unpaired) electrons. The minimum absolute atomic E-state index is 0.222. The minimum atomic E-state index is 0.222. The largest absolute Gasteiger partial charge is 0.464 e. The second-order valence-electron chi connectivity index (χ2n) is 4.57. The van der Waals surface area contributed by atoms with Crippen molar-refractivity contribution in [3.8, 4) is 12.0 Å². The first kappa shape index (κ1) is 13.8. The number of hydrogen-bond acceptors (Lipinski definition) is 6. The Hall–Kier alpha value is -1.59. The molecule has 1 fully saturated rings. The summed E-state index contributed by atoms with van der Waals surface area (Å²) < 4.78 is 11.2. The Labute approximate surface area is 114 Å². The number of aromatic nitrogens is 3. The normalized spacial score (nSPS) is 16.1. The molecule has 0 unspecified atom stereocenters. The number of nitrogens with one attached hydrogen (secondary N) is 1. The molecule has 0 atom stereocenters. The van der Waals surface area contributed by atoms with Gasteiger partial charge in [-0.2, -0.15) is 9.97 Å². The van der Waals surface area contributed by atoms with E-state index in [4.69, 9.17) is 9.47 Å². The van der Waals surface area contributed by atoms with E-state index in [1.807, 2.05) is 13.8 Å². The lowest BCUT2D eigenvalue weighted by Gasteiger charge is -2.21. The number of ether oxygens (including phenoxy) is 2. The molecule has 1 aliphatic rings. The molecular formula is C13H22N4O2. The number of hydrogen-bond donors (Lipinski definition) is 1. The van der Waals surface area contributed by atoms with Crippen LogP contribution >= 0.6 is 0 Å². The van der Waals surface area contributed by atoms with Gasteiger partial charge in [0.15, 0.2) is 0 Å². The van der Waals surface area contributed by atoms with Gasteiger partial charge in [0.1, 0.15) is 6.10 Å². The number of nitrogens with zero attached hydrogens (tertiary/aromatic N) is 3.